The first-order valence-corrected chi connectivity index (χ1v) is 6.28. The van der Waals surface area contributed by atoms with E-state index in [-0.39, 0.29) is 0 Å². The molecule has 0 saturated carbocycles. The van der Waals surface area contributed by atoms with E-state index < -0.39 is 10.8 Å². The van der Waals surface area contributed by atoms with Gasteiger partial charge in [0, 0.05) is 10.7 Å². The van der Waals surface area contributed by atoms with Gasteiger partial charge >= 0.3 is 0 Å². The molecule has 0 aliphatic carbocycles. The summed E-state index contributed by atoms with van der Waals surface area (Å²) in [6.07, 6.45) is 3.25. The Labute approximate surface area is 93.4 Å². The van der Waals surface area contributed by atoms with Crippen LogP contribution in [-0.4, -0.2) is 10.5 Å². The second-order valence-electron chi connectivity index (χ2n) is 2.45. The van der Waals surface area contributed by atoms with E-state index in [9.17, 15) is 4.21 Å². The van der Waals surface area contributed by atoms with Gasteiger partial charge in [-0.15, -0.1) is 0 Å². The van der Waals surface area contributed by atoms with E-state index >= 15 is 0 Å². The molecule has 13 heavy (non-hydrogen) atoms. The Kier molecular flexibility index (Phi) is 4.16. The van der Waals surface area contributed by atoms with Crippen molar-refractivity contribution in [2.45, 2.75) is 0 Å². The predicted octanol–water partition coefficient (Wildman–Crippen LogP) is 3.36. The van der Waals surface area contributed by atoms with Crippen LogP contribution in [0.2, 0.25) is 0 Å². The first-order chi connectivity index (χ1) is 6.09. The van der Waals surface area contributed by atoms with Crippen LogP contribution in [0.5, 0.6) is 0 Å². The SMILES string of the molecule is C[S@@](=O)/C(Cl)=C\c1ccc(Br)cc1. The van der Waals surface area contributed by atoms with Crippen molar-refractivity contribution in [2.24, 2.45) is 0 Å². The van der Waals surface area contributed by atoms with Crippen LogP contribution in [0.1, 0.15) is 5.56 Å². The van der Waals surface area contributed by atoms with Crippen molar-refractivity contribution in [1.82, 2.24) is 0 Å². The molecular weight excluding hydrogens is 272 g/mol. The van der Waals surface area contributed by atoms with Gasteiger partial charge < -0.3 is 0 Å². The molecule has 0 radical (unpaired) electrons. The molecule has 0 heterocycles. The smallest absolute Gasteiger partial charge is 0.105 e. The monoisotopic (exact) mass is 278 g/mol. The van der Waals surface area contributed by atoms with Gasteiger partial charge in [0.1, 0.15) is 4.36 Å². The van der Waals surface area contributed by atoms with Crippen LogP contribution in [-0.2, 0) is 10.8 Å². The summed E-state index contributed by atoms with van der Waals surface area (Å²) in [7, 11) is -1.10. The summed E-state index contributed by atoms with van der Waals surface area (Å²) in [4.78, 5) is 0. The Morgan fingerprint density at radius 3 is 2.46 bits per heavy atom. The predicted molar refractivity (Wildman–Crippen MR) is 62.0 cm³/mol. The van der Waals surface area contributed by atoms with Crippen molar-refractivity contribution in [1.29, 1.82) is 0 Å². The highest BCUT2D eigenvalue weighted by Crippen LogP contribution is 2.15. The molecular formula is C9H8BrClOS. The highest BCUT2D eigenvalue weighted by atomic mass is 79.9. The normalized spacial score (nSPS) is 14.2. The molecule has 1 aromatic carbocycles. The first-order valence-electron chi connectivity index (χ1n) is 3.56. The molecule has 0 unspecified atom stereocenters. The average molecular weight is 280 g/mol. The quantitative estimate of drug-likeness (QED) is 0.811. The van der Waals surface area contributed by atoms with Gasteiger partial charge in [0.2, 0.25) is 0 Å². The number of hydrogen-bond donors (Lipinski definition) is 0. The van der Waals surface area contributed by atoms with Gasteiger partial charge in [-0.2, -0.15) is 0 Å². The van der Waals surface area contributed by atoms with E-state index in [0.717, 1.165) is 10.0 Å². The summed E-state index contributed by atoms with van der Waals surface area (Å²) in [5.74, 6) is 0. The molecule has 0 N–H and O–H groups in total. The molecule has 0 saturated heterocycles. The van der Waals surface area contributed by atoms with E-state index in [4.69, 9.17) is 11.6 Å². The van der Waals surface area contributed by atoms with Gasteiger partial charge in [-0.25, -0.2) is 0 Å². The van der Waals surface area contributed by atoms with Crippen LogP contribution in [0, 0.1) is 0 Å². The topological polar surface area (TPSA) is 17.1 Å². The minimum absolute atomic E-state index is 0.363. The van der Waals surface area contributed by atoms with E-state index in [2.05, 4.69) is 15.9 Å². The summed E-state index contributed by atoms with van der Waals surface area (Å²) >= 11 is 9.07. The Hall–Kier alpha value is -0.120. The molecule has 0 aromatic heterocycles. The first kappa shape index (κ1) is 11.0. The van der Waals surface area contributed by atoms with Gasteiger partial charge in [-0.05, 0) is 23.8 Å². The van der Waals surface area contributed by atoms with E-state index in [0.29, 0.717) is 4.36 Å². The van der Waals surface area contributed by atoms with Crippen LogP contribution in [0.3, 0.4) is 0 Å². The highest BCUT2D eigenvalue weighted by molar-refractivity contribution is 9.10. The van der Waals surface area contributed by atoms with Crippen molar-refractivity contribution < 1.29 is 4.21 Å². The lowest BCUT2D eigenvalue weighted by Gasteiger charge is -1.95. The van der Waals surface area contributed by atoms with E-state index in [1.54, 1.807) is 12.3 Å². The molecule has 0 bridgehead atoms. The zero-order valence-corrected chi connectivity index (χ0v) is 10.1. The second-order valence-corrected chi connectivity index (χ2v) is 5.35. The lowest BCUT2D eigenvalue weighted by molar-refractivity contribution is 0.691. The number of rotatable bonds is 2. The van der Waals surface area contributed by atoms with Gasteiger partial charge in [0.15, 0.2) is 0 Å². The molecule has 1 nitrogen and oxygen atoms in total. The summed E-state index contributed by atoms with van der Waals surface area (Å²) in [6.45, 7) is 0. The van der Waals surface area contributed by atoms with Crippen LogP contribution >= 0.6 is 27.5 Å². The third-order valence-corrected chi connectivity index (χ3v) is 3.38. The third-order valence-electron chi connectivity index (χ3n) is 1.42. The molecule has 0 fully saturated rings. The summed E-state index contributed by atoms with van der Waals surface area (Å²) in [6, 6.07) is 7.63. The standard InChI is InChI=1S/C9H8BrClOS/c1-13(12)9(11)6-7-2-4-8(10)5-3-7/h2-6H,1H3/b9-6-/t13-/m1/s1. The zero-order chi connectivity index (χ0) is 9.84. The summed E-state index contributed by atoms with van der Waals surface area (Å²) in [5.41, 5.74) is 0.948. The molecule has 70 valence electrons. The van der Waals surface area contributed by atoms with Crippen molar-refractivity contribution in [3.05, 3.63) is 38.7 Å². The summed E-state index contributed by atoms with van der Waals surface area (Å²) < 4.78 is 12.3. The van der Waals surface area contributed by atoms with Crippen molar-refractivity contribution >= 4 is 44.4 Å². The Balaban J connectivity index is 2.92. The Morgan fingerprint density at radius 1 is 1.46 bits per heavy atom. The van der Waals surface area contributed by atoms with Gasteiger partial charge in [0.25, 0.3) is 0 Å². The lowest BCUT2D eigenvalue weighted by Crippen LogP contribution is -1.83. The van der Waals surface area contributed by atoms with E-state index in [1.165, 1.54) is 0 Å². The lowest BCUT2D eigenvalue weighted by atomic mass is 10.2. The van der Waals surface area contributed by atoms with Crippen LogP contribution < -0.4 is 0 Å². The van der Waals surface area contributed by atoms with Gasteiger partial charge in [-0.3, -0.25) is 4.21 Å². The fourth-order valence-corrected chi connectivity index (χ4v) is 1.47. The fraction of sp³-hybridized carbons (Fsp3) is 0.111. The molecule has 0 spiro atoms. The maximum absolute atomic E-state index is 10.9. The molecule has 0 amide bonds. The summed E-state index contributed by atoms with van der Waals surface area (Å²) in [5, 5.41) is 0. The average Bonchev–Trinajstić information content (AvgIpc) is 2.08. The van der Waals surface area contributed by atoms with Gasteiger partial charge in [0.05, 0.1) is 10.8 Å². The highest BCUT2D eigenvalue weighted by Gasteiger charge is 1.97. The fourth-order valence-electron chi connectivity index (χ4n) is 0.773. The van der Waals surface area contributed by atoms with Crippen molar-refractivity contribution in [2.75, 3.05) is 6.26 Å². The van der Waals surface area contributed by atoms with Crippen molar-refractivity contribution in [3.63, 3.8) is 0 Å². The Morgan fingerprint density at radius 2 is 2.00 bits per heavy atom. The second kappa shape index (κ2) is 4.94. The van der Waals surface area contributed by atoms with Crippen molar-refractivity contribution in [3.8, 4) is 0 Å². The molecule has 1 aromatic rings. The number of benzene rings is 1. The van der Waals surface area contributed by atoms with Crippen LogP contribution in [0.4, 0.5) is 0 Å². The van der Waals surface area contributed by atoms with E-state index in [1.807, 2.05) is 24.3 Å². The Bertz CT molecular complexity index is 345. The molecule has 4 heteroatoms. The minimum Gasteiger partial charge on any atom is -0.254 e. The molecule has 1 rings (SSSR count). The van der Waals surface area contributed by atoms with Crippen LogP contribution in [0.15, 0.2) is 33.1 Å². The zero-order valence-electron chi connectivity index (χ0n) is 6.96. The molecule has 1 atom stereocenters. The molecule has 0 aliphatic rings. The number of hydrogen-bond acceptors (Lipinski definition) is 1. The number of halogens is 2. The maximum Gasteiger partial charge on any atom is 0.105 e. The van der Waals surface area contributed by atoms with Crippen LogP contribution in [0.25, 0.3) is 6.08 Å². The van der Waals surface area contributed by atoms with Gasteiger partial charge in [-0.1, -0.05) is 39.7 Å². The minimum atomic E-state index is -1.10. The maximum atomic E-state index is 10.9. The largest absolute Gasteiger partial charge is 0.254 e. The third kappa shape index (κ3) is 3.63. The molecule has 0 aliphatic heterocycles.